The maximum absolute atomic E-state index is 9.04. The minimum atomic E-state index is -2.12. The molecule has 0 radical (unpaired) electrons. The van der Waals surface area contributed by atoms with Crippen molar-refractivity contribution in [3.63, 3.8) is 0 Å². The van der Waals surface area contributed by atoms with Crippen LogP contribution in [0, 0.1) is 0 Å². The summed E-state index contributed by atoms with van der Waals surface area (Å²) in [5.74, 6) is 0. The van der Waals surface area contributed by atoms with Crippen molar-refractivity contribution in [2.45, 2.75) is 12.2 Å². The fourth-order valence-electron chi connectivity index (χ4n) is 0. The van der Waals surface area contributed by atoms with Crippen LogP contribution >= 0.6 is 16.1 Å². The van der Waals surface area contributed by atoms with E-state index >= 15 is 0 Å². The topological polar surface area (TPSA) is 80.3 Å². The zero-order valence-corrected chi connectivity index (χ0v) is 9.76. The maximum atomic E-state index is 9.04. The van der Waals surface area contributed by atoms with Gasteiger partial charge in [-0.25, -0.2) is 0 Å². The summed E-state index contributed by atoms with van der Waals surface area (Å²) in [5, 5.41) is 1.17. The van der Waals surface area contributed by atoms with Crippen LogP contribution in [0.25, 0.3) is 0 Å². The summed E-state index contributed by atoms with van der Waals surface area (Å²) in [6.07, 6.45) is 0. The van der Waals surface area contributed by atoms with Crippen LogP contribution in [0.15, 0.2) is 0 Å². The second kappa shape index (κ2) is 16.9. The molecule has 0 saturated heterocycles. The molecule has 0 aromatic carbocycles. The van der Waals surface area contributed by atoms with Crippen molar-refractivity contribution >= 4 is 32.3 Å². The first kappa shape index (κ1) is 17.7. The summed E-state index contributed by atoms with van der Waals surface area (Å²) >= 11 is 2.58. The van der Waals surface area contributed by atoms with Crippen LogP contribution in [-0.4, -0.2) is 29.6 Å². The van der Waals surface area contributed by atoms with E-state index in [1.54, 1.807) is 0 Å². The zero-order valence-electron chi connectivity index (χ0n) is 6.81. The monoisotopic (exact) mass is 212 g/mol. The summed E-state index contributed by atoms with van der Waals surface area (Å²) < 4.78 is 18.1. The van der Waals surface area contributed by atoms with Crippen molar-refractivity contribution in [3.05, 3.63) is 0 Å². The molecule has 2 atom stereocenters. The van der Waals surface area contributed by atoms with E-state index in [4.69, 9.17) is 18.9 Å². The summed E-state index contributed by atoms with van der Waals surface area (Å²) in [7, 11) is -4.24. The van der Waals surface area contributed by atoms with Crippen LogP contribution in [-0.2, 0) is 9.13 Å². The van der Waals surface area contributed by atoms with Crippen molar-refractivity contribution in [2.75, 3.05) is 13.3 Å². The van der Waals surface area contributed by atoms with Gasteiger partial charge in [0.15, 0.2) is 0 Å². The van der Waals surface area contributed by atoms with Crippen molar-refractivity contribution < 1.29 is 18.9 Å². The van der Waals surface area contributed by atoms with E-state index in [0.29, 0.717) is 0 Å². The Morgan fingerprint density at radius 3 is 1.18 bits per heavy atom. The molecule has 0 bridgehead atoms. The Morgan fingerprint density at radius 2 is 1.18 bits per heavy atom. The molecular weight excluding hydrogens is 201 g/mol. The van der Waals surface area contributed by atoms with Gasteiger partial charge in [0.2, 0.25) is 0 Å². The predicted molar refractivity (Wildman–Crippen MR) is 43.3 cm³/mol. The molecule has 0 spiro atoms. The van der Waals surface area contributed by atoms with E-state index in [-0.39, 0.29) is 0 Å². The molecule has 62 valence electrons. The van der Waals surface area contributed by atoms with E-state index in [9.17, 15) is 0 Å². The molecule has 0 heterocycles. The third-order valence-corrected chi connectivity index (χ3v) is 0. The van der Waals surface area contributed by atoms with Crippen molar-refractivity contribution in [3.8, 4) is 0 Å². The van der Waals surface area contributed by atoms with E-state index < -0.39 is 16.1 Å². The van der Waals surface area contributed by atoms with E-state index in [1.807, 2.05) is 0 Å². The van der Waals surface area contributed by atoms with Gasteiger partial charge >= 0.3 is 44.6 Å². The Morgan fingerprint density at radius 1 is 1.18 bits per heavy atom. The van der Waals surface area contributed by atoms with Crippen LogP contribution in [0.5, 0.6) is 0 Å². The van der Waals surface area contributed by atoms with Gasteiger partial charge in [-0.05, 0) is 0 Å². The van der Waals surface area contributed by atoms with E-state index in [0.717, 1.165) is 13.3 Å². The molecule has 0 aliphatic heterocycles. The molecule has 0 aromatic rings. The molecule has 11 heavy (non-hydrogen) atoms. The van der Waals surface area contributed by atoms with Gasteiger partial charge in [0.1, 0.15) is 13.3 Å². The van der Waals surface area contributed by atoms with Crippen LogP contribution in [0.2, 0.25) is 5.28 Å². The van der Waals surface area contributed by atoms with E-state index in [1.165, 1.54) is 5.28 Å². The van der Waals surface area contributed by atoms with Crippen molar-refractivity contribution in [1.82, 2.24) is 0 Å². The second-order valence-electron chi connectivity index (χ2n) is 1.29. The molecule has 2 unspecified atom stereocenters. The van der Waals surface area contributed by atoms with Gasteiger partial charge in [0.25, 0.3) is 0 Å². The summed E-state index contributed by atoms with van der Waals surface area (Å²) in [6.45, 7) is 4.33. The average Bonchev–Trinajstić information content (AvgIpc) is 1.60. The fourth-order valence-corrected chi connectivity index (χ4v) is 0. The number of hydrogen-bond donors (Lipinski definition) is 0. The fraction of sp³-hybridized carbons (Fsp3) is 1.00. The molecule has 0 rings (SSSR count). The molecule has 7 heteroatoms. The molecule has 4 nitrogen and oxygen atoms in total. The van der Waals surface area contributed by atoms with Gasteiger partial charge in [0.05, 0.1) is 0 Å². The smallest absolute Gasteiger partial charge is 0.305 e. The molecule has 0 fully saturated rings. The van der Waals surface area contributed by atoms with Crippen LogP contribution in [0.3, 0.4) is 0 Å². The quantitative estimate of drug-likeness (QED) is 0.419. The van der Waals surface area contributed by atoms with Gasteiger partial charge in [0, 0.05) is 0 Å². The molecule has 0 aliphatic carbocycles. The molecule has 0 amide bonds. The largest absolute Gasteiger partial charge is 0.596 e. The first-order chi connectivity index (χ1) is 4.88. The molecule has 0 N–H and O–H groups in total. The minimum absolute atomic E-state index is 1.12. The van der Waals surface area contributed by atoms with Crippen LogP contribution in [0.4, 0.5) is 0 Å². The third kappa shape index (κ3) is 1870. The Hall–Kier alpha value is 0.652. The Bertz CT molecular complexity index is 88.3. The second-order valence-corrected chi connectivity index (χ2v) is 3.86. The minimum Gasteiger partial charge on any atom is -0.596 e. The molecular formula is C4H11AlO4P2+2. The van der Waals surface area contributed by atoms with Crippen LogP contribution in [0.1, 0.15) is 6.92 Å². The van der Waals surface area contributed by atoms with Crippen molar-refractivity contribution in [2.24, 2.45) is 0 Å². The molecule has 0 saturated carbocycles. The van der Waals surface area contributed by atoms with Gasteiger partial charge < -0.3 is 9.79 Å². The van der Waals surface area contributed by atoms with Crippen LogP contribution < -0.4 is 9.79 Å². The van der Waals surface area contributed by atoms with Gasteiger partial charge in [-0.3, -0.25) is 0 Å². The summed E-state index contributed by atoms with van der Waals surface area (Å²) in [6, 6.07) is 0. The first-order valence-corrected chi connectivity index (χ1v) is 6.81. The van der Waals surface area contributed by atoms with E-state index in [2.05, 4.69) is 23.2 Å². The van der Waals surface area contributed by atoms with Gasteiger partial charge in [-0.2, -0.15) is 0 Å². The normalized spacial score (nSPS) is 9.73. The maximum Gasteiger partial charge on any atom is 0.305 e. The van der Waals surface area contributed by atoms with Gasteiger partial charge in [-0.1, -0.05) is 9.13 Å². The summed E-state index contributed by atoms with van der Waals surface area (Å²) in [4.78, 5) is 18.1. The average molecular weight is 212 g/mol. The third-order valence-electron chi connectivity index (χ3n) is 0. The first-order valence-electron chi connectivity index (χ1n) is 2.74. The Labute approximate surface area is 77.2 Å². The SMILES string of the molecule is C[CH2][Al+2].C[P+](=O)[O-].C[P+](=O)[O-]. The summed E-state index contributed by atoms with van der Waals surface area (Å²) in [5.41, 5.74) is 0. The molecule has 0 aromatic heterocycles. The van der Waals surface area contributed by atoms with Crippen molar-refractivity contribution in [1.29, 1.82) is 0 Å². The molecule has 0 aliphatic rings. The predicted octanol–water partition coefficient (Wildman–Crippen LogP) is 0.0309. The van der Waals surface area contributed by atoms with Gasteiger partial charge in [-0.15, -0.1) is 0 Å². The zero-order chi connectivity index (χ0) is 9.86. The number of hydrogen-bond acceptors (Lipinski definition) is 4. The standard InChI is InChI=1S/C2H5.2CH3O2P.Al/c1-2;2*1-4(2)3;/h1H2,2H3;2*1H3;/q;;;+2. The Balaban J connectivity index is -0.0000000886. The Kier molecular flexibility index (Phi) is 27.2. The number of rotatable bonds is 0.